The van der Waals surface area contributed by atoms with Crippen LogP contribution in [-0.4, -0.2) is 44.8 Å². The topological polar surface area (TPSA) is 72.9 Å². The molecule has 1 fully saturated rings. The average Bonchev–Trinajstić information content (AvgIpc) is 2.74. The molecule has 7 nitrogen and oxygen atoms in total. The molecule has 2 atom stereocenters. The third kappa shape index (κ3) is 4.04. The summed E-state index contributed by atoms with van der Waals surface area (Å²) in [5.41, 5.74) is 1.79. The van der Waals surface area contributed by atoms with Gasteiger partial charge in [-0.2, -0.15) is 0 Å². The van der Waals surface area contributed by atoms with Crippen molar-refractivity contribution in [2.45, 2.75) is 31.8 Å². The fourth-order valence-electron chi connectivity index (χ4n) is 3.55. The highest BCUT2D eigenvalue weighted by Crippen LogP contribution is 2.39. The minimum absolute atomic E-state index is 0.0681. The summed E-state index contributed by atoms with van der Waals surface area (Å²) in [6.45, 7) is 2.73. The number of aromatic nitrogens is 1. The van der Waals surface area contributed by atoms with Crippen LogP contribution >= 0.6 is 0 Å². The molecule has 1 aliphatic rings. The molecule has 0 aliphatic carbocycles. The number of pyridine rings is 1. The lowest BCUT2D eigenvalue weighted by Crippen LogP contribution is -2.51. The fraction of sp³-hybridized carbons (Fsp3) is 0.429. The molecule has 7 heteroatoms. The zero-order valence-electron chi connectivity index (χ0n) is 16.8. The number of amides is 1. The predicted molar refractivity (Wildman–Crippen MR) is 107 cm³/mol. The molecule has 28 heavy (non-hydrogen) atoms. The Kier molecular flexibility index (Phi) is 6.36. The Morgan fingerprint density at radius 3 is 2.46 bits per heavy atom. The summed E-state index contributed by atoms with van der Waals surface area (Å²) in [7, 11) is 4.76. The monoisotopic (exact) mass is 385 g/mol. The van der Waals surface area contributed by atoms with Crippen molar-refractivity contribution in [1.29, 1.82) is 0 Å². The number of hydrogen-bond acceptors (Lipinski definition) is 6. The van der Waals surface area contributed by atoms with Crippen molar-refractivity contribution in [2.75, 3.05) is 32.8 Å². The lowest BCUT2D eigenvalue weighted by Gasteiger charge is -2.34. The first kappa shape index (κ1) is 19.9. The van der Waals surface area contributed by atoms with Gasteiger partial charge < -0.3 is 19.1 Å². The van der Waals surface area contributed by atoms with Gasteiger partial charge >= 0.3 is 0 Å². The Labute approximate surface area is 165 Å². The Balaban J connectivity index is 1.78. The van der Waals surface area contributed by atoms with E-state index in [0.29, 0.717) is 23.8 Å². The molecule has 3 rings (SSSR count). The van der Waals surface area contributed by atoms with Gasteiger partial charge in [-0.25, -0.2) is 0 Å². The van der Waals surface area contributed by atoms with Gasteiger partial charge in [0, 0.05) is 18.8 Å². The Morgan fingerprint density at radius 1 is 1.18 bits per heavy atom. The van der Waals surface area contributed by atoms with E-state index < -0.39 is 0 Å². The second kappa shape index (κ2) is 8.93. The number of anilines is 1. The molecule has 2 aromatic rings. The lowest BCUT2D eigenvalue weighted by molar-refractivity contribution is -0.122. The van der Waals surface area contributed by atoms with Crippen LogP contribution in [0.15, 0.2) is 36.7 Å². The second-order valence-corrected chi connectivity index (χ2v) is 6.74. The van der Waals surface area contributed by atoms with Gasteiger partial charge in [-0.1, -0.05) is 0 Å². The largest absolute Gasteiger partial charge is 0.493 e. The van der Waals surface area contributed by atoms with Crippen LogP contribution in [0, 0.1) is 0 Å². The van der Waals surface area contributed by atoms with Crippen molar-refractivity contribution >= 4 is 11.6 Å². The van der Waals surface area contributed by atoms with Crippen LogP contribution in [-0.2, 0) is 4.79 Å². The van der Waals surface area contributed by atoms with E-state index in [4.69, 9.17) is 14.2 Å². The zero-order valence-corrected chi connectivity index (χ0v) is 16.8. The van der Waals surface area contributed by atoms with Gasteiger partial charge in [0.25, 0.3) is 0 Å². The molecule has 1 aromatic carbocycles. The van der Waals surface area contributed by atoms with Crippen LogP contribution in [0.25, 0.3) is 0 Å². The molecular formula is C21H27N3O4. The van der Waals surface area contributed by atoms with Gasteiger partial charge in [0.1, 0.15) is 0 Å². The van der Waals surface area contributed by atoms with E-state index in [2.05, 4.69) is 10.3 Å². The van der Waals surface area contributed by atoms with Gasteiger partial charge in [-0.15, -0.1) is 0 Å². The highest BCUT2D eigenvalue weighted by Gasteiger charge is 2.31. The molecular weight excluding hydrogens is 358 g/mol. The van der Waals surface area contributed by atoms with Crippen LogP contribution in [0.1, 0.15) is 31.4 Å². The SMILES string of the molecule is COc1cc([C@H](C)N[C@@H]2CCCN(c3cccnc3)C2=O)cc(OC)c1OC. The number of carbonyl (C=O) groups excluding carboxylic acids is 1. The summed E-state index contributed by atoms with van der Waals surface area (Å²) in [4.78, 5) is 18.9. The van der Waals surface area contributed by atoms with Crippen molar-refractivity contribution < 1.29 is 19.0 Å². The molecule has 0 saturated carbocycles. The smallest absolute Gasteiger partial charge is 0.244 e. The Morgan fingerprint density at radius 2 is 1.89 bits per heavy atom. The van der Waals surface area contributed by atoms with E-state index in [-0.39, 0.29) is 18.0 Å². The number of nitrogens with one attached hydrogen (secondary N) is 1. The summed E-state index contributed by atoms with van der Waals surface area (Å²) >= 11 is 0. The maximum absolute atomic E-state index is 13.0. The summed E-state index contributed by atoms with van der Waals surface area (Å²) in [5, 5.41) is 3.46. The quantitative estimate of drug-likeness (QED) is 0.790. The van der Waals surface area contributed by atoms with Crippen LogP contribution in [0.2, 0.25) is 0 Å². The van der Waals surface area contributed by atoms with E-state index in [1.54, 1.807) is 38.6 Å². The Hall–Kier alpha value is -2.80. The molecule has 1 N–H and O–H groups in total. The van der Waals surface area contributed by atoms with Gasteiger partial charge in [0.2, 0.25) is 11.7 Å². The summed E-state index contributed by atoms with van der Waals surface area (Å²) in [6, 6.07) is 7.24. The summed E-state index contributed by atoms with van der Waals surface area (Å²) in [6.07, 6.45) is 5.16. The molecule has 150 valence electrons. The maximum atomic E-state index is 13.0. The van der Waals surface area contributed by atoms with Crippen molar-refractivity contribution in [1.82, 2.24) is 10.3 Å². The van der Waals surface area contributed by atoms with Gasteiger partial charge in [0.15, 0.2) is 11.5 Å². The lowest BCUT2D eigenvalue weighted by atomic mass is 10.0. The van der Waals surface area contributed by atoms with Crippen molar-refractivity contribution in [2.24, 2.45) is 0 Å². The normalized spacial score (nSPS) is 17.9. The number of benzene rings is 1. The maximum Gasteiger partial charge on any atom is 0.244 e. The van der Waals surface area contributed by atoms with Crippen LogP contribution < -0.4 is 24.4 Å². The molecule has 0 spiro atoms. The molecule has 1 aliphatic heterocycles. The van der Waals surface area contributed by atoms with Gasteiger partial charge in [0.05, 0.1) is 39.3 Å². The molecule has 0 radical (unpaired) electrons. The van der Waals surface area contributed by atoms with Crippen LogP contribution in [0.4, 0.5) is 5.69 Å². The number of nitrogens with zero attached hydrogens (tertiary/aromatic N) is 2. The van der Waals surface area contributed by atoms with E-state index in [0.717, 1.165) is 24.1 Å². The van der Waals surface area contributed by atoms with Crippen LogP contribution in [0.5, 0.6) is 17.2 Å². The van der Waals surface area contributed by atoms with E-state index in [1.165, 1.54) is 0 Å². The third-order valence-electron chi connectivity index (χ3n) is 5.03. The highest BCUT2D eigenvalue weighted by atomic mass is 16.5. The van der Waals surface area contributed by atoms with E-state index in [9.17, 15) is 4.79 Å². The van der Waals surface area contributed by atoms with Crippen molar-refractivity contribution in [3.8, 4) is 17.2 Å². The summed E-state index contributed by atoms with van der Waals surface area (Å²) < 4.78 is 16.3. The predicted octanol–water partition coefficient (Wildman–Crippen LogP) is 2.95. The first-order valence-corrected chi connectivity index (χ1v) is 9.36. The second-order valence-electron chi connectivity index (χ2n) is 6.74. The number of rotatable bonds is 7. The fourth-order valence-corrected chi connectivity index (χ4v) is 3.55. The average molecular weight is 385 g/mol. The first-order chi connectivity index (χ1) is 13.6. The molecule has 1 aromatic heterocycles. The van der Waals surface area contributed by atoms with Gasteiger partial charge in [-0.05, 0) is 49.6 Å². The zero-order chi connectivity index (χ0) is 20.1. The molecule has 0 unspecified atom stereocenters. The molecule has 1 saturated heterocycles. The van der Waals surface area contributed by atoms with Crippen molar-refractivity contribution in [3.05, 3.63) is 42.2 Å². The van der Waals surface area contributed by atoms with Crippen LogP contribution in [0.3, 0.4) is 0 Å². The number of methoxy groups -OCH3 is 3. The number of hydrogen-bond donors (Lipinski definition) is 1. The Bertz CT molecular complexity index is 788. The standard InChI is InChI=1S/C21H27N3O4/c1-14(15-11-18(26-2)20(28-4)19(12-15)27-3)23-17-8-6-10-24(21(17)25)16-7-5-9-22-13-16/h5,7,9,11-14,17,23H,6,8,10H2,1-4H3/t14-,17+/m0/s1. The summed E-state index contributed by atoms with van der Waals surface area (Å²) in [5.74, 6) is 1.81. The van der Waals surface area contributed by atoms with Crippen molar-refractivity contribution in [3.63, 3.8) is 0 Å². The van der Waals surface area contributed by atoms with Gasteiger partial charge in [-0.3, -0.25) is 15.1 Å². The first-order valence-electron chi connectivity index (χ1n) is 9.36. The van der Waals surface area contributed by atoms with E-state index >= 15 is 0 Å². The molecule has 0 bridgehead atoms. The number of piperidine rings is 1. The third-order valence-corrected chi connectivity index (χ3v) is 5.03. The minimum atomic E-state index is -0.261. The van der Waals surface area contributed by atoms with E-state index in [1.807, 2.05) is 31.2 Å². The molecule has 1 amide bonds. The number of carbonyl (C=O) groups is 1. The highest BCUT2D eigenvalue weighted by molar-refractivity contribution is 5.97. The number of ether oxygens (including phenoxy) is 3. The molecule has 2 heterocycles. The minimum Gasteiger partial charge on any atom is -0.493 e.